The standard InChI is InChI=1S/C20H22ClN3O2/c21-17-5-1-4-16(13-17)20(6-7-20)23-19(25)18(15-3-2-8-22-14-15)24-9-11-26-12-10-24/h1-5,8,13-14,18H,6-7,9-12H2,(H,23,25)/t18-/m0/s1. The van der Waals surface area contributed by atoms with E-state index in [2.05, 4.69) is 15.2 Å². The van der Waals surface area contributed by atoms with E-state index in [1.807, 2.05) is 36.4 Å². The van der Waals surface area contributed by atoms with E-state index in [0.717, 1.165) is 37.1 Å². The summed E-state index contributed by atoms with van der Waals surface area (Å²) in [5, 5.41) is 3.99. The molecule has 1 aliphatic heterocycles. The molecule has 0 spiro atoms. The van der Waals surface area contributed by atoms with Crippen LogP contribution in [0, 0.1) is 0 Å². The SMILES string of the molecule is O=C(NC1(c2cccc(Cl)c2)CC1)[C@H](c1cccnc1)N1CCOCC1. The highest BCUT2D eigenvalue weighted by molar-refractivity contribution is 6.30. The van der Waals surface area contributed by atoms with E-state index in [0.29, 0.717) is 18.2 Å². The van der Waals surface area contributed by atoms with Crippen molar-refractivity contribution in [3.63, 3.8) is 0 Å². The van der Waals surface area contributed by atoms with Crippen LogP contribution in [0.25, 0.3) is 0 Å². The average molecular weight is 372 g/mol. The summed E-state index contributed by atoms with van der Waals surface area (Å²) in [6.45, 7) is 2.75. The highest BCUT2D eigenvalue weighted by atomic mass is 35.5. The Morgan fingerprint density at radius 1 is 1.23 bits per heavy atom. The molecule has 1 N–H and O–H groups in total. The van der Waals surface area contributed by atoms with Crippen LogP contribution in [0.1, 0.15) is 30.0 Å². The molecule has 2 aliphatic rings. The van der Waals surface area contributed by atoms with Crippen LogP contribution in [0.15, 0.2) is 48.8 Å². The summed E-state index contributed by atoms with van der Waals surface area (Å²) in [5.74, 6) is 0.0115. The van der Waals surface area contributed by atoms with Gasteiger partial charge in [-0.3, -0.25) is 14.7 Å². The summed E-state index contributed by atoms with van der Waals surface area (Å²) in [6, 6.07) is 11.3. The van der Waals surface area contributed by atoms with Crippen molar-refractivity contribution in [1.29, 1.82) is 0 Å². The first kappa shape index (κ1) is 17.5. The molecular formula is C20H22ClN3O2. The van der Waals surface area contributed by atoms with Crippen LogP contribution in [-0.4, -0.2) is 42.1 Å². The molecule has 1 saturated heterocycles. The molecule has 0 radical (unpaired) electrons. The molecule has 26 heavy (non-hydrogen) atoms. The fraction of sp³-hybridized carbons (Fsp3) is 0.400. The van der Waals surface area contributed by atoms with Crippen LogP contribution in [0.3, 0.4) is 0 Å². The zero-order chi connectivity index (χ0) is 18.0. The van der Waals surface area contributed by atoms with Crippen LogP contribution in [0.5, 0.6) is 0 Å². The Hall–Kier alpha value is -1.95. The molecule has 1 saturated carbocycles. The second-order valence-corrected chi connectivity index (χ2v) is 7.36. The van der Waals surface area contributed by atoms with Gasteiger partial charge in [0.15, 0.2) is 0 Å². The maximum atomic E-state index is 13.3. The molecule has 0 bridgehead atoms. The average Bonchev–Trinajstić information content (AvgIpc) is 3.44. The number of nitrogens with one attached hydrogen (secondary N) is 1. The third kappa shape index (κ3) is 3.61. The van der Waals surface area contributed by atoms with Crippen LogP contribution in [-0.2, 0) is 15.1 Å². The number of carbonyl (C=O) groups is 1. The monoisotopic (exact) mass is 371 g/mol. The van der Waals surface area contributed by atoms with Gasteiger partial charge in [0, 0.05) is 30.5 Å². The number of aromatic nitrogens is 1. The minimum Gasteiger partial charge on any atom is -0.379 e. The van der Waals surface area contributed by atoms with Gasteiger partial charge < -0.3 is 10.1 Å². The van der Waals surface area contributed by atoms with Crippen molar-refractivity contribution in [2.75, 3.05) is 26.3 Å². The molecule has 2 aromatic rings. The number of hydrogen-bond acceptors (Lipinski definition) is 4. The normalized spacial score (nSPS) is 20.3. The quantitative estimate of drug-likeness (QED) is 0.878. The summed E-state index contributed by atoms with van der Waals surface area (Å²) in [7, 11) is 0. The van der Waals surface area contributed by atoms with Crippen molar-refractivity contribution in [1.82, 2.24) is 15.2 Å². The van der Waals surface area contributed by atoms with Crippen molar-refractivity contribution >= 4 is 17.5 Å². The smallest absolute Gasteiger partial charge is 0.242 e. The highest BCUT2D eigenvalue weighted by Crippen LogP contribution is 2.46. The molecule has 2 fully saturated rings. The topological polar surface area (TPSA) is 54.5 Å². The summed E-state index contributed by atoms with van der Waals surface area (Å²) in [4.78, 5) is 19.7. The number of halogens is 1. The summed E-state index contributed by atoms with van der Waals surface area (Å²) < 4.78 is 5.46. The van der Waals surface area contributed by atoms with Gasteiger partial charge in [-0.2, -0.15) is 0 Å². The van der Waals surface area contributed by atoms with Gasteiger partial charge in [0.1, 0.15) is 6.04 Å². The number of benzene rings is 1. The number of rotatable bonds is 5. The van der Waals surface area contributed by atoms with Gasteiger partial charge >= 0.3 is 0 Å². The molecule has 5 nitrogen and oxygen atoms in total. The fourth-order valence-electron chi connectivity index (χ4n) is 3.60. The van der Waals surface area contributed by atoms with E-state index < -0.39 is 0 Å². The number of amides is 1. The molecule has 1 aromatic heterocycles. The lowest BCUT2D eigenvalue weighted by Gasteiger charge is -2.34. The van der Waals surface area contributed by atoms with Gasteiger partial charge in [-0.05, 0) is 42.2 Å². The lowest BCUT2D eigenvalue weighted by Crippen LogP contribution is -2.48. The van der Waals surface area contributed by atoms with E-state index in [9.17, 15) is 4.79 Å². The number of hydrogen-bond donors (Lipinski definition) is 1. The Labute approximate surface area is 158 Å². The molecular weight excluding hydrogens is 350 g/mol. The third-order valence-electron chi connectivity index (χ3n) is 5.15. The molecule has 4 rings (SSSR count). The van der Waals surface area contributed by atoms with Gasteiger partial charge in [-0.1, -0.05) is 29.8 Å². The van der Waals surface area contributed by atoms with Crippen LogP contribution in [0.4, 0.5) is 0 Å². The fourth-order valence-corrected chi connectivity index (χ4v) is 3.79. The van der Waals surface area contributed by atoms with E-state index >= 15 is 0 Å². The maximum Gasteiger partial charge on any atom is 0.242 e. The molecule has 1 aliphatic carbocycles. The van der Waals surface area contributed by atoms with Crippen molar-refractivity contribution in [3.05, 3.63) is 64.9 Å². The molecule has 2 heterocycles. The molecule has 6 heteroatoms. The Morgan fingerprint density at radius 3 is 2.69 bits per heavy atom. The first-order valence-corrected chi connectivity index (χ1v) is 9.36. The lowest BCUT2D eigenvalue weighted by molar-refractivity contribution is -0.129. The molecule has 1 atom stereocenters. The Balaban J connectivity index is 1.58. The molecule has 1 amide bonds. The summed E-state index contributed by atoms with van der Waals surface area (Å²) in [6.07, 6.45) is 5.37. The summed E-state index contributed by atoms with van der Waals surface area (Å²) in [5.41, 5.74) is 1.69. The lowest BCUT2D eigenvalue weighted by atomic mass is 10.0. The van der Waals surface area contributed by atoms with Gasteiger partial charge in [-0.15, -0.1) is 0 Å². The van der Waals surface area contributed by atoms with Crippen molar-refractivity contribution in [2.45, 2.75) is 24.4 Å². The second kappa shape index (κ2) is 7.35. The van der Waals surface area contributed by atoms with Gasteiger partial charge in [0.25, 0.3) is 0 Å². The van der Waals surface area contributed by atoms with Gasteiger partial charge in [0.2, 0.25) is 5.91 Å². The number of ether oxygens (including phenoxy) is 1. The molecule has 0 unspecified atom stereocenters. The van der Waals surface area contributed by atoms with Crippen LogP contribution >= 0.6 is 11.6 Å². The van der Waals surface area contributed by atoms with E-state index in [-0.39, 0.29) is 17.5 Å². The Kier molecular flexibility index (Phi) is 4.94. The Bertz CT molecular complexity index is 774. The van der Waals surface area contributed by atoms with Gasteiger partial charge in [0.05, 0.1) is 18.8 Å². The van der Waals surface area contributed by atoms with Crippen molar-refractivity contribution < 1.29 is 9.53 Å². The van der Waals surface area contributed by atoms with E-state index in [1.165, 1.54) is 0 Å². The molecule has 136 valence electrons. The number of carbonyl (C=O) groups excluding carboxylic acids is 1. The minimum atomic E-state index is -0.357. The molecule has 1 aromatic carbocycles. The number of morpholine rings is 1. The highest BCUT2D eigenvalue weighted by Gasteiger charge is 2.47. The zero-order valence-electron chi connectivity index (χ0n) is 14.5. The van der Waals surface area contributed by atoms with Crippen LogP contribution < -0.4 is 5.32 Å². The van der Waals surface area contributed by atoms with E-state index in [1.54, 1.807) is 12.4 Å². The summed E-state index contributed by atoms with van der Waals surface area (Å²) >= 11 is 6.15. The van der Waals surface area contributed by atoms with Gasteiger partial charge in [-0.25, -0.2) is 0 Å². The van der Waals surface area contributed by atoms with Crippen molar-refractivity contribution in [3.8, 4) is 0 Å². The zero-order valence-corrected chi connectivity index (χ0v) is 15.3. The Morgan fingerprint density at radius 2 is 2.04 bits per heavy atom. The largest absolute Gasteiger partial charge is 0.379 e. The minimum absolute atomic E-state index is 0.0115. The second-order valence-electron chi connectivity index (χ2n) is 6.92. The predicted octanol–water partition coefficient (Wildman–Crippen LogP) is 2.91. The number of nitrogens with zero attached hydrogens (tertiary/aromatic N) is 2. The van der Waals surface area contributed by atoms with Crippen molar-refractivity contribution in [2.24, 2.45) is 0 Å². The maximum absolute atomic E-state index is 13.3. The predicted molar refractivity (Wildman–Crippen MR) is 99.9 cm³/mol. The number of pyridine rings is 1. The van der Waals surface area contributed by atoms with Crippen LogP contribution in [0.2, 0.25) is 5.02 Å². The third-order valence-corrected chi connectivity index (χ3v) is 5.38. The first-order chi connectivity index (χ1) is 12.7. The first-order valence-electron chi connectivity index (χ1n) is 8.98. The van der Waals surface area contributed by atoms with E-state index in [4.69, 9.17) is 16.3 Å².